The molecule has 63 valence electrons. The average molecular weight is 157 g/mol. The summed E-state index contributed by atoms with van der Waals surface area (Å²) < 4.78 is 0. The molecule has 0 amide bonds. The van der Waals surface area contributed by atoms with Gasteiger partial charge in [0.2, 0.25) is 0 Å². The molecule has 0 atom stereocenters. The van der Waals surface area contributed by atoms with Gasteiger partial charge in [-0.15, -0.1) is 0 Å². The van der Waals surface area contributed by atoms with Crippen molar-refractivity contribution in [2.24, 2.45) is 0 Å². The molecule has 1 saturated heterocycles. The maximum Gasteiger partial charge on any atom is 0.356 e. The summed E-state index contributed by atoms with van der Waals surface area (Å²) in [7, 11) is 0. The smallest absolute Gasteiger partial charge is 0.314 e. The minimum absolute atomic E-state index is 0.153. The van der Waals surface area contributed by atoms with Crippen molar-refractivity contribution in [3.8, 4) is 0 Å². The highest BCUT2D eigenvalue weighted by Gasteiger charge is 2.10. The Hall–Kier alpha value is -0.610. The SMILES string of the molecule is [O]C(=O)CCN1CCNCC1. The molecule has 1 radical (unpaired) electrons. The fourth-order valence-electron chi connectivity index (χ4n) is 1.18. The predicted molar refractivity (Wildman–Crippen MR) is 39.6 cm³/mol. The largest absolute Gasteiger partial charge is 0.356 e. The van der Waals surface area contributed by atoms with Gasteiger partial charge in [-0.25, -0.2) is 9.90 Å². The van der Waals surface area contributed by atoms with Crippen molar-refractivity contribution in [1.29, 1.82) is 0 Å². The van der Waals surface area contributed by atoms with Gasteiger partial charge in [-0.05, 0) is 0 Å². The van der Waals surface area contributed by atoms with Crippen LogP contribution >= 0.6 is 0 Å². The van der Waals surface area contributed by atoms with Crippen LogP contribution < -0.4 is 5.32 Å². The molecule has 0 aromatic carbocycles. The fraction of sp³-hybridized carbons (Fsp3) is 0.857. The van der Waals surface area contributed by atoms with Crippen LogP contribution in [0.1, 0.15) is 6.42 Å². The summed E-state index contributed by atoms with van der Waals surface area (Å²) in [6.07, 6.45) is 0.153. The number of hydrogen-bond donors (Lipinski definition) is 1. The first-order valence-corrected chi connectivity index (χ1v) is 3.92. The number of carbonyl (C=O) groups excluding carboxylic acids is 1. The van der Waals surface area contributed by atoms with Crippen LogP contribution in [-0.2, 0) is 9.90 Å². The predicted octanol–water partition coefficient (Wildman–Crippen LogP) is -0.761. The van der Waals surface area contributed by atoms with Crippen molar-refractivity contribution >= 4 is 5.97 Å². The lowest BCUT2D eigenvalue weighted by Gasteiger charge is -2.26. The normalized spacial score (nSPS) is 20.0. The fourth-order valence-corrected chi connectivity index (χ4v) is 1.18. The highest BCUT2D eigenvalue weighted by Crippen LogP contribution is 1.93. The van der Waals surface area contributed by atoms with Crippen LogP contribution in [0, 0.1) is 0 Å². The first-order valence-electron chi connectivity index (χ1n) is 3.92. The number of piperazine rings is 1. The van der Waals surface area contributed by atoms with Crippen LogP contribution in [-0.4, -0.2) is 43.6 Å². The van der Waals surface area contributed by atoms with Crippen LogP contribution in [0.2, 0.25) is 0 Å². The standard InChI is InChI=1S/C7H13N2O2/c10-7(11)1-4-9-5-2-8-3-6-9/h8H,1-6H2. The number of nitrogens with zero attached hydrogens (tertiary/aromatic N) is 1. The lowest BCUT2D eigenvalue weighted by Crippen LogP contribution is -2.44. The average Bonchev–Trinajstić information content (AvgIpc) is 2.03. The summed E-state index contributed by atoms with van der Waals surface area (Å²) in [5.41, 5.74) is 0. The van der Waals surface area contributed by atoms with Gasteiger partial charge in [-0.2, -0.15) is 0 Å². The van der Waals surface area contributed by atoms with Crippen molar-refractivity contribution < 1.29 is 9.90 Å². The second-order valence-corrected chi connectivity index (χ2v) is 2.71. The highest BCUT2D eigenvalue weighted by molar-refractivity contribution is 5.66. The summed E-state index contributed by atoms with van der Waals surface area (Å²) in [4.78, 5) is 12.2. The third kappa shape index (κ3) is 3.34. The van der Waals surface area contributed by atoms with E-state index in [4.69, 9.17) is 0 Å². The number of carbonyl (C=O) groups is 1. The van der Waals surface area contributed by atoms with E-state index >= 15 is 0 Å². The molecule has 0 aromatic heterocycles. The zero-order valence-corrected chi connectivity index (χ0v) is 6.51. The van der Waals surface area contributed by atoms with Gasteiger partial charge in [0.1, 0.15) is 0 Å². The molecule has 1 aliphatic heterocycles. The van der Waals surface area contributed by atoms with E-state index in [1.165, 1.54) is 0 Å². The van der Waals surface area contributed by atoms with E-state index < -0.39 is 5.97 Å². The molecular formula is C7H13N2O2. The molecule has 1 N–H and O–H groups in total. The van der Waals surface area contributed by atoms with E-state index in [2.05, 4.69) is 10.2 Å². The Labute approximate surface area is 66.2 Å². The van der Waals surface area contributed by atoms with Gasteiger partial charge in [0.05, 0.1) is 6.42 Å². The summed E-state index contributed by atoms with van der Waals surface area (Å²) in [6, 6.07) is 0. The van der Waals surface area contributed by atoms with Gasteiger partial charge >= 0.3 is 5.97 Å². The second-order valence-electron chi connectivity index (χ2n) is 2.71. The molecule has 4 heteroatoms. The van der Waals surface area contributed by atoms with Gasteiger partial charge in [-0.3, -0.25) is 0 Å². The molecule has 0 saturated carbocycles. The van der Waals surface area contributed by atoms with E-state index in [0.717, 1.165) is 26.2 Å². The van der Waals surface area contributed by atoms with Gasteiger partial charge in [-0.1, -0.05) is 0 Å². The Balaban J connectivity index is 2.09. The Bertz CT molecular complexity index is 132. The summed E-state index contributed by atoms with van der Waals surface area (Å²) >= 11 is 0. The van der Waals surface area contributed by atoms with Crippen molar-refractivity contribution in [2.75, 3.05) is 32.7 Å². The molecule has 1 rings (SSSR count). The molecule has 11 heavy (non-hydrogen) atoms. The first-order chi connectivity index (χ1) is 5.29. The molecule has 1 heterocycles. The molecule has 0 aromatic rings. The van der Waals surface area contributed by atoms with Crippen molar-refractivity contribution in [2.45, 2.75) is 6.42 Å². The monoisotopic (exact) mass is 157 g/mol. The summed E-state index contributed by atoms with van der Waals surface area (Å²) in [5.74, 6) is -0.955. The van der Waals surface area contributed by atoms with E-state index in [1.807, 2.05) is 0 Å². The van der Waals surface area contributed by atoms with Gasteiger partial charge in [0, 0.05) is 32.7 Å². The number of rotatable bonds is 3. The minimum Gasteiger partial charge on any atom is -0.314 e. The Morgan fingerprint density at radius 1 is 1.36 bits per heavy atom. The van der Waals surface area contributed by atoms with Crippen LogP contribution in [0.3, 0.4) is 0 Å². The first kappa shape index (κ1) is 8.49. The van der Waals surface area contributed by atoms with E-state index in [1.54, 1.807) is 0 Å². The zero-order chi connectivity index (χ0) is 8.10. The van der Waals surface area contributed by atoms with Crippen LogP contribution in [0.5, 0.6) is 0 Å². The van der Waals surface area contributed by atoms with E-state index in [9.17, 15) is 9.90 Å². The van der Waals surface area contributed by atoms with Crippen molar-refractivity contribution in [1.82, 2.24) is 10.2 Å². The maximum absolute atomic E-state index is 10.1. The second kappa shape index (κ2) is 4.31. The van der Waals surface area contributed by atoms with Gasteiger partial charge < -0.3 is 10.2 Å². The maximum atomic E-state index is 10.1. The van der Waals surface area contributed by atoms with Gasteiger partial charge in [0.15, 0.2) is 0 Å². The Morgan fingerprint density at radius 3 is 2.55 bits per heavy atom. The highest BCUT2D eigenvalue weighted by atomic mass is 16.4. The Kier molecular flexibility index (Phi) is 3.32. The zero-order valence-electron chi connectivity index (χ0n) is 6.51. The van der Waals surface area contributed by atoms with Crippen LogP contribution in [0.15, 0.2) is 0 Å². The quantitative estimate of drug-likeness (QED) is 0.586. The van der Waals surface area contributed by atoms with Crippen LogP contribution in [0.4, 0.5) is 0 Å². The minimum atomic E-state index is -0.955. The molecule has 0 unspecified atom stereocenters. The number of hydrogen-bond acceptors (Lipinski definition) is 3. The third-order valence-corrected chi connectivity index (χ3v) is 1.84. The molecule has 0 bridgehead atoms. The molecule has 4 nitrogen and oxygen atoms in total. The molecule has 1 fully saturated rings. The van der Waals surface area contributed by atoms with Crippen LogP contribution in [0.25, 0.3) is 0 Å². The number of nitrogens with one attached hydrogen (secondary N) is 1. The van der Waals surface area contributed by atoms with Crippen molar-refractivity contribution in [3.05, 3.63) is 0 Å². The van der Waals surface area contributed by atoms with E-state index in [0.29, 0.717) is 6.54 Å². The lowest BCUT2D eigenvalue weighted by molar-refractivity contribution is -0.143. The van der Waals surface area contributed by atoms with E-state index in [-0.39, 0.29) is 6.42 Å². The molecule has 1 aliphatic rings. The summed E-state index contributed by atoms with van der Waals surface area (Å²) in [5, 5.41) is 13.3. The summed E-state index contributed by atoms with van der Waals surface area (Å²) in [6.45, 7) is 4.46. The molecule has 0 aliphatic carbocycles. The van der Waals surface area contributed by atoms with Crippen molar-refractivity contribution in [3.63, 3.8) is 0 Å². The third-order valence-electron chi connectivity index (χ3n) is 1.84. The molecular weight excluding hydrogens is 144 g/mol. The Morgan fingerprint density at radius 2 is 2.00 bits per heavy atom. The molecule has 0 spiro atoms. The topological polar surface area (TPSA) is 52.2 Å². The van der Waals surface area contributed by atoms with Gasteiger partial charge in [0.25, 0.3) is 0 Å². The lowest BCUT2D eigenvalue weighted by atomic mass is 10.3.